The number of ether oxygens (including phenoxy) is 1. The van der Waals surface area contributed by atoms with Gasteiger partial charge in [-0.2, -0.15) is 0 Å². The number of rotatable bonds is 4. The van der Waals surface area contributed by atoms with E-state index >= 15 is 0 Å². The molecule has 2 aliphatic heterocycles. The Kier molecular flexibility index (Phi) is 5.18. The number of amidine groups is 1. The average Bonchev–Trinajstić information content (AvgIpc) is 3.34. The number of hydrogen-bond acceptors (Lipinski definition) is 5. The molecule has 1 saturated carbocycles. The molecular weight excluding hydrogens is 458 g/mol. The van der Waals surface area contributed by atoms with Gasteiger partial charge < -0.3 is 20.1 Å². The number of hydrogen-bond donors (Lipinski definition) is 2. The van der Waals surface area contributed by atoms with Crippen molar-refractivity contribution in [3.8, 4) is 5.75 Å². The Balaban J connectivity index is 1.80. The molecule has 3 aromatic carbocycles. The van der Waals surface area contributed by atoms with E-state index in [0.29, 0.717) is 0 Å². The van der Waals surface area contributed by atoms with Gasteiger partial charge in [-0.1, -0.05) is 66.2 Å². The summed E-state index contributed by atoms with van der Waals surface area (Å²) in [5.41, 5.74) is 3.16. The van der Waals surface area contributed by atoms with Gasteiger partial charge in [-0.15, -0.1) is 0 Å². The first-order valence-electron chi connectivity index (χ1n) is 13.2. The lowest BCUT2D eigenvalue weighted by Crippen LogP contribution is -2.62. The summed E-state index contributed by atoms with van der Waals surface area (Å²) in [5, 5.41) is 16.7. The molecule has 1 fully saturated rings. The smallest absolute Gasteiger partial charge is 0.183 e. The highest BCUT2D eigenvalue weighted by atomic mass is 16.5. The Labute approximate surface area is 220 Å². The van der Waals surface area contributed by atoms with Crippen molar-refractivity contribution in [2.24, 2.45) is 10.9 Å². The standard InChI is InChI=1S/C32H37N3O2/c1-19-13-15-25(16-14-19)30-29(24-11-9-8-10-12-24)28(22(4)35(6)7)32(36)31(30,33-23(5)34-32)27-21(3)17-20(2)18-26(27)37-30/h8-18,22,28-29,36H,1-7H3,(H,33,34)/t22?,28?,29-,30+,31-,32-/m1/s1. The molecule has 5 heteroatoms. The lowest BCUT2D eigenvalue weighted by Gasteiger charge is -2.42. The van der Waals surface area contributed by atoms with Gasteiger partial charge in [-0.3, -0.25) is 4.99 Å². The zero-order valence-electron chi connectivity index (χ0n) is 22.8. The molecular formula is C32H37N3O2. The van der Waals surface area contributed by atoms with Crippen LogP contribution in [-0.2, 0) is 11.1 Å². The lowest BCUT2D eigenvalue weighted by molar-refractivity contribution is -0.0931. The van der Waals surface area contributed by atoms with Crippen LogP contribution in [0.4, 0.5) is 0 Å². The minimum Gasteiger partial charge on any atom is -0.478 e. The van der Waals surface area contributed by atoms with Gasteiger partial charge >= 0.3 is 0 Å². The molecule has 6 rings (SSSR count). The van der Waals surface area contributed by atoms with E-state index in [1.165, 1.54) is 5.56 Å². The largest absolute Gasteiger partial charge is 0.478 e. The second kappa shape index (κ2) is 7.92. The van der Waals surface area contributed by atoms with Crippen molar-refractivity contribution in [1.29, 1.82) is 0 Å². The molecule has 0 amide bonds. The van der Waals surface area contributed by atoms with Crippen LogP contribution in [0.25, 0.3) is 0 Å². The van der Waals surface area contributed by atoms with Gasteiger partial charge in [-0.25, -0.2) is 0 Å². The molecule has 0 radical (unpaired) electrons. The summed E-state index contributed by atoms with van der Waals surface area (Å²) >= 11 is 0. The molecule has 37 heavy (non-hydrogen) atoms. The van der Waals surface area contributed by atoms with Gasteiger partial charge in [0.25, 0.3) is 0 Å². The molecule has 1 spiro atoms. The molecule has 1 aliphatic carbocycles. The van der Waals surface area contributed by atoms with Crippen molar-refractivity contribution in [2.75, 3.05) is 14.1 Å². The molecule has 2 N–H and O–H groups in total. The third kappa shape index (κ3) is 2.90. The van der Waals surface area contributed by atoms with E-state index in [2.05, 4.69) is 113 Å². The zero-order chi connectivity index (χ0) is 26.3. The van der Waals surface area contributed by atoms with Crippen LogP contribution in [0.1, 0.15) is 53.1 Å². The Bertz CT molecular complexity index is 1400. The summed E-state index contributed by atoms with van der Waals surface area (Å²) in [6.45, 7) is 10.5. The van der Waals surface area contributed by atoms with Gasteiger partial charge in [0.2, 0.25) is 0 Å². The Morgan fingerprint density at radius 2 is 1.62 bits per heavy atom. The van der Waals surface area contributed by atoms with Crippen molar-refractivity contribution in [3.05, 3.63) is 100 Å². The summed E-state index contributed by atoms with van der Waals surface area (Å²) in [7, 11) is 4.17. The van der Waals surface area contributed by atoms with E-state index in [0.717, 1.165) is 39.4 Å². The fourth-order valence-electron chi connectivity index (χ4n) is 7.66. The van der Waals surface area contributed by atoms with Crippen LogP contribution in [0.5, 0.6) is 5.75 Å². The normalized spacial score (nSPS) is 32.3. The fraction of sp³-hybridized carbons (Fsp3) is 0.406. The van der Waals surface area contributed by atoms with Crippen LogP contribution >= 0.6 is 0 Å². The molecule has 0 aromatic heterocycles. The van der Waals surface area contributed by atoms with Crippen molar-refractivity contribution in [3.63, 3.8) is 0 Å². The second-order valence-corrected chi connectivity index (χ2v) is 11.6. The first-order chi connectivity index (χ1) is 17.6. The third-order valence-corrected chi connectivity index (χ3v) is 9.13. The first-order valence-corrected chi connectivity index (χ1v) is 13.2. The number of aliphatic imine (C=N–C) groups is 1. The summed E-state index contributed by atoms with van der Waals surface area (Å²) in [6, 6.07) is 23.5. The summed E-state index contributed by atoms with van der Waals surface area (Å²) in [5.74, 6) is 1.13. The van der Waals surface area contributed by atoms with Gasteiger partial charge in [0, 0.05) is 23.4 Å². The molecule has 3 aliphatic rings. The summed E-state index contributed by atoms with van der Waals surface area (Å²) in [6.07, 6.45) is 0. The Hall–Kier alpha value is -3.15. The molecule has 2 heterocycles. The van der Waals surface area contributed by atoms with Crippen LogP contribution in [0.15, 0.2) is 71.7 Å². The number of aliphatic hydroxyl groups is 1. The van der Waals surface area contributed by atoms with Crippen LogP contribution in [0.2, 0.25) is 0 Å². The van der Waals surface area contributed by atoms with E-state index in [4.69, 9.17) is 9.73 Å². The average molecular weight is 496 g/mol. The number of nitrogens with one attached hydrogen (secondary N) is 1. The lowest BCUT2D eigenvalue weighted by atomic mass is 9.67. The first kappa shape index (κ1) is 24.2. The summed E-state index contributed by atoms with van der Waals surface area (Å²) < 4.78 is 7.33. The predicted molar refractivity (Wildman–Crippen MR) is 148 cm³/mol. The molecule has 3 aromatic rings. The Morgan fingerprint density at radius 1 is 0.946 bits per heavy atom. The SMILES string of the molecule is CC1=N[C@]23c4c(C)cc(C)cc4O[C@@]2(c2ccc(C)cc2)[C@H](c2ccccc2)C(C(C)N(C)C)[C@]3(O)N1. The van der Waals surface area contributed by atoms with Crippen LogP contribution < -0.4 is 10.1 Å². The van der Waals surface area contributed by atoms with Crippen molar-refractivity contribution < 1.29 is 9.84 Å². The van der Waals surface area contributed by atoms with Crippen molar-refractivity contribution in [2.45, 2.75) is 63.4 Å². The zero-order valence-corrected chi connectivity index (χ0v) is 22.8. The van der Waals surface area contributed by atoms with E-state index in [1.54, 1.807) is 0 Å². The quantitative estimate of drug-likeness (QED) is 0.524. The number of fused-ring (bicyclic) bond motifs is 1. The maximum absolute atomic E-state index is 13.2. The minimum atomic E-state index is -1.38. The Morgan fingerprint density at radius 3 is 2.27 bits per heavy atom. The highest BCUT2D eigenvalue weighted by Gasteiger charge is 2.85. The van der Waals surface area contributed by atoms with Gasteiger partial charge in [0.1, 0.15) is 5.75 Å². The van der Waals surface area contributed by atoms with Crippen LogP contribution in [-0.4, -0.2) is 41.7 Å². The minimum absolute atomic E-state index is 0.0198. The number of benzene rings is 3. The van der Waals surface area contributed by atoms with Gasteiger partial charge in [-0.05, 0) is 77.0 Å². The predicted octanol–water partition coefficient (Wildman–Crippen LogP) is 5.17. The third-order valence-electron chi connectivity index (χ3n) is 9.13. The maximum atomic E-state index is 13.2. The van der Waals surface area contributed by atoms with Gasteiger partial charge in [0.05, 0.1) is 5.84 Å². The second-order valence-electron chi connectivity index (χ2n) is 11.6. The van der Waals surface area contributed by atoms with E-state index in [9.17, 15) is 5.11 Å². The monoisotopic (exact) mass is 495 g/mol. The maximum Gasteiger partial charge on any atom is 0.183 e. The summed E-state index contributed by atoms with van der Waals surface area (Å²) in [4.78, 5) is 7.60. The molecule has 0 bridgehead atoms. The number of nitrogens with zero attached hydrogens (tertiary/aromatic N) is 2. The van der Waals surface area contributed by atoms with Crippen molar-refractivity contribution in [1.82, 2.24) is 10.2 Å². The van der Waals surface area contributed by atoms with Gasteiger partial charge in [0.15, 0.2) is 16.9 Å². The van der Waals surface area contributed by atoms with Crippen molar-refractivity contribution >= 4 is 5.84 Å². The van der Waals surface area contributed by atoms with Crippen LogP contribution in [0.3, 0.4) is 0 Å². The molecule has 2 unspecified atom stereocenters. The molecule has 6 atom stereocenters. The number of aryl methyl sites for hydroxylation is 3. The fourth-order valence-corrected chi connectivity index (χ4v) is 7.66. The van der Waals surface area contributed by atoms with Crippen LogP contribution in [0, 0.1) is 26.7 Å². The van der Waals surface area contributed by atoms with E-state index in [1.807, 2.05) is 13.0 Å². The van der Waals surface area contributed by atoms with E-state index < -0.39 is 16.9 Å². The van der Waals surface area contributed by atoms with E-state index in [-0.39, 0.29) is 17.9 Å². The molecule has 5 nitrogen and oxygen atoms in total. The molecule has 192 valence electrons. The highest BCUT2D eigenvalue weighted by Crippen LogP contribution is 2.75. The topological polar surface area (TPSA) is 57.1 Å². The highest BCUT2D eigenvalue weighted by molar-refractivity contribution is 5.86. The molecule has 0 saturated heterocycles.